The summed E-state index contributed by atoms with van der Waals surface area (Å²) >= 11 is 0. The van der Waals surface area contributed by atoms with Gasteiger partial charge in [0, 0.05) is 19.0 Å². The van der Waals surface area contributed by atoms with Crippen LogP contribution in [0.3, 0.4) is 0 Å². The molecular weight excluding hydrogens is 402 g/mol. The van der Waals surface area contributed by atoms with E-state index in [1.807, 2.05) is 36.7 Å². The Labute approximate surface area is 199 Å². The standard InChI is InChI=1S/C25H32O.C6H7N/c1-25(2,3)16-17-14-19(12-13-26)21-10-11-22-20-7-5-4-6-18(20)8-9-23(22)24(21)15-17;1-2-4-6-7-5-3-1/h4-9,17,19,26H,10-16H2,1-3H3;1-7H. The minimum atomic E-state index is 0.314. The number of hydrogen-bond donors (Lipinski definition) is 2. The Bertz CT molecular complexity index is 1070. The van der Waals surface area contributed by atoms with Crippen molar-refractivity contribution in [3.8, 4) is 0 Å². The van der Waals surface area contributed by atoms with Crippen LogP contribution in [0.15, 0.2) is 78.7 Å². The number of aryl methyl sites for hydroxylation is 1. The lowest BCUT2D eigenvalue weighted by atomic mass is 9.66. The highest BCUT2D eigenvalue weighted by Gasteiger charge is 2.34. The fourth-order valence-electron chi connectivity index (χ4n) is 5.96. The number of allylic oxidation sites excluding steroid dienone is 6. The molecule has 1 heterocycles. The van der Waals surface area contributed by atoms with Crippen LogP contribution in [-0.2, 0) is 6.42 Å². The number of aliphatic hydroxyl groups is 1. The molecule has 174 valence electrons. The summed E-state index contributed by atoms with van der Waals surface area (Å²) in [5.74, 6) is 1.32. The molecule has 2 unspecified atom stereocenters. The van der Waals surface area contributed by atoms with Gasteiger partial charge in [0.25, 0.3) is 0 Å². The second kappa shape index (κ2) is 10.6. The topological polar surface area (TPSA) is 32.3 Å². The number of benzene rings is 2. The predicted molar refractivity (Wildman–Crippen MR) is 142 cm³/mol. The molecule has 2 N–H and O–H groups in total. The number of rotatable bonds is 3. The minimum Gasteiger partial charge on any atom is -0.396 e. The number of nitrogens with one attached hydrogen (secondary N) is 1. The zero-order valence-electron chi connectivity index (χ0n) is 20.5. The molecule has 0 saturated heterocycles. The Balaban J connectivity index is 0.000000318. The first-order valence-electron chi connectivity index (χ1n) is 12.5. The summed E-state index contributed by atoms with van der Waals surface area (Å²) in [6, 6.07) is 13.5. The molecule has 2 nitrogen and oxygen atoms in total. The number of aliphatic hydroxyl groups excluding tert-OH is 1. The summed E-state index contributed by atoms with van der Waals surface area (Å²) in [6.07, 6.45) is 18.6. The van der Waals surface area contributed by atoms with Crippen LogP contribution in [0.5, 0.6) is 0 Å². The van der Waals surface area contributed by atoms with Gasteiger partial charge in [-0.3, -0.25) is 0 Å². The highest BCUT2D eigenvalue weighted by Crippen LogP contribution is 2.49. The van der Waals surface area contributed by atoms with Crippen LogP contribution >= 0.6 is 0 Å². The molecule has 33 heavy (non-hydrogen) atoms. The van der Waals surface area contributed by atoms with E-state index in [4.69, 9.17) is 0 Å². The SMILES string of the molecule is C1=CC=CNC=C1.CC(C)(C)CC1CC2=C(CCc3c2ccc2ccccc32)C(CCO)C1. The van der Waals surface area contributed by atoms with Gasteiger partial charge in [-0.2, -0.15) is 0 Å². The lowest BCUT2D eigenvalue weighted by molar-refractivity contribution is 0.219. The normalized spacial score (nSPS) is 21.6. The molecule has 2 atom stereocenters. The third kappa shape index (κ3) is 5.86. The van der Waals surface area contributed by atoms with E-state index >= 15 is 0 Å². The quantitative estimate of drug-likeness (QED) is 0.515. The number of hydrogen-bond acceptors (Lipinski definition) is 2. The molecule has 2 aromatic rings. The Morgan fingerprint density at radius 1 is 0.939 bits per heavy atom. The fourth-order valence-corrected chi connectivity index (χ4v) is 5.96. The van der Waals surface area contributed by atoms with Gasteiger partial charge in [-0.1, -0.05) is 74.9 Å². The Kier molecular flexibility index (Phi) is 7.55. The summed E-state index contributed by atoms with van der Waals surface area (Å²) in [4.78, 5) is 0. The maximum Gasteiger partial charge on any atom is 0.0436 e. The van der Waals surface area contributed by atoms with Crippen molar-refractivity contribution in [2.75, 3.05) is 6.61 Å². The Hall–Kier alpha value is -2.58. The average Bonchev–Trinajstić information content (AvgIpc) is 3.11. The summed E-state index contributed by atoms with van der Waals surface area (Å²) in [6.45, 7) is 7.40. The van der Waals surface area contributed by atoms with Crippen LogP contribution < -0.4 is 5.32 Å². The predicted octanol–water partition coefficient (Wildman–Crippen LogP) is 7.56. The van der Waals surface area contributed by atoms with Crippen molar-refractivity contribution in [1.29, 1.82) is 0 Å². The first kappa shape index (κ1) is 23.6. The molecule has 0 aromatic heterocycles. The zero-order chi connectivity index (χ0) is 23.3. The third-order valence-corrected chi connectivity index (χ3v) is 7.10. The molecule has 3 aliphatic rings. The fraction of sp³-hybridized carbons (Fsp3) is 0.419. The number of fused-ring (bicyclic) bond motifs is 4. The molecule has 0 saturated carbocycles. The van der Waals surface area contributed by atoms with Gasteiger partial charge >= 0.3 is 0 Å². The second-order valence-corrected chi connectivity index (χ2v) is 10.9. The van der Waals surface area contributed by atoms with Gasteiger partial charge in [-0.25, -0.2) is 0 Å². The van der Waals surface area contributed by atoms with Crippen LogP contribution in [0, 0.1) is 17.3 Å². The second-order valence-electron chi connectivity index (χ2n) is 10.9. The van der Waals surface area contributed by atoms with Crippen LogP contribution in [0.25, 0.3) is 16.3 Å². The maximum absolute atomic E-state index is 9.64. The lowest BCUT2D eigenvalue weighted by Crippen LogP contribution is -2.26. The molecular formula is C31H39NO. The summed E-state index contributed by atoms with van der Waals surface area (Å²) < 4.78 is 0. The van der Waals surface area contributed by atoms with E-state index in [-0.39, 0.29) is 0 Å². The molecule has 2 aliphatic carbocycles. The molecule has 0 amide bonds. The van der Waals surface area contributed by atoms with E-state index in [1.54, 1.807) is 16.7 Å². The van der Waals surface area contributed by atoms with E-state index in [9.17, 15) is 5.11 Å². The highest BCUT2D eigenvalue weighted by atomic mass is 16.3. The van der Waals surface area contributed by atoms with Gasteiger partial charge in [0.2, 0.25) is 0 Å². The van der Waals surface area contributed by atoms with Crippen LogP contribution in [-0.4, -0.2) is 11.7 Å². The van der Waals surface area contributed by atoms with Gasteiger partial charge in [0.15, 0.2) is 0 Å². The Morgan fingerprint density at radius 3 is 2.42 bits per heavy atom. The van der Waals surface area contributed by atoms with Crippen LogP contribution in [0.4, 0.5) is 0 Å². The monoisotopic (exact) mass is 441 g/mol. The summed E-state index contributed by atoms with van der Waals surface area (Å²) in [5, 5.41) is 15.4. The Morgan fingerprint density at radius 2 is 1.70 bits per heavy atom. The van der Waals surface area contributed by atoms with Crippen LogP contribution in [0.1, 0.15) is 64.0 Å². The van der Waals surface area contributed by atoms with E-state index < -0.39 is 0 Å². The molecule has 0 fully saturated rings. The van der Waals surface area contributed by atoms with E-state index in [1.165, 1.54) is 42.0 Å². The average molecular weight is 442 g/mol. The van der Waals surface area contributed by atoms with E-state index in [0.29, 0.717) is 17.9 Å². The summed E-state index contributed by atoms with van der Waals surface area (Å²) in [5.41, 5.74) is 6.71. The smallest absolute Gasteiger partial charge is 0.0436 e. The molecule has 2 aromatic carbocycles. The van der Waals surface area contributed by atoms with Gasteiger partial charge < -0.3 is 10.4 Å². The van der Waals surface area contributed by atoms with Crippen molar-refractivity contribution in [3.63, 3.8) is 0 Å². The van der Waals surface area contributed by atoms with Gasteiger partial charge in [0.1, 0.15) is 0 Å². The van der Waals surface area contributed by atoms with E-state index in [2.05, 4.69) is 62.5 Å². The molecule has 0 bridgehead atoms. The van der Waals surface area contributed by atoms with Crippen LogP contribution in [0.2, 0.25) is 0 Å². The molecule has 0 radical (unpaired) electrons. The molecule has 2 heteroatoms. The van der Waals surface area contributed by atoms with E-state index in [0.717, 1.165) is 18.8 Å². The molecule has 5 rings (SSSR count). The molecule has 0 spiro atoms. The zero-order valence-corrected chi connectivity index (χ0v) is 20.5. The van der Waals surface area contributed by atoms with Gasteiger partial charge in [-0.05, 0) is 95.4 Å². The van der Waals surface area contributed by atoms with Crippen molar-refractivity contribution in [2.24, 2.45) is 17.3 Å². The van der Waals surface area contributed by atoms with Crippen molar-refractivity contribution in [1.82, 2.24) is 5.32 Å². The maximum atomic E-state index is 9.64. The van der Waals surface area contributed by atoms with Gasteiger partial charge in [0.05, 0.1) is 0 Å². The van der Waals surface area contributed by atoms with Gasteiger partial charge in [-0.15, -0.1) is 0 Å². The first-order chi connectivity index (χ1) is 16.0. The summed E-state index contributed by atoms with van der Waals surface area (Å²) in [7, 11) is 0. The van der Waals surface area contributed by atoms with Crippen molar-refractivity contribution < 1.29 is 5.11 Å². The highest BCUT2D eigenvalue weighted by molar-refractivity contribution is 5.92. The van der Waals surface area contributed by atoms with Crippen molar-refractivity contribution >= 4 is 16.3 Å². The first-order valence-corrected chi connectivity index (χ1v) is 12.5. The lowest BCUT2D eigenvalue weighted by Gasteiger charge is -2.39. The van der Waals surface area contributed by atoms with Crippen molar-refractivity contribution in [2.45, 2.75) is 59.3 Å². The third-order valence-electron chi connectivity index (χ3n) is 7.10. The molecule has 1 aliphatic heterocycles. The van der Waals surface area contributed by atoms with Crippen molar-refractivity contribution in [3.05, 3.63) is 89.8 Å². The minimum absolute atomic E-state index is 0.314. The largest absolute Gasteiger partial charge is 0.396 e.